The third-order valence-corrected chi connectivity index (χ3v) is 3.47. The molecule has 0 aromatic heterocycles. The van der Waals surface area contributed by atoms with Crippen molar-refractivity contribution in [1.29, 1.82) is 0 Å². The first-order valence-corrected chi connectivity index (χ1v) is 8.31. The average molecular weight is 335 g/mol. The number of carbonyl (C=O) groups excluding carboxylic acids is 2. The standard InChI is InChI=1S/C19H29NO4/c1-14(2)11-16(17(22)13-21)20(18(23)24-19(3,4)5)12-15-9-7-6-8-10-15/h6-10,13-14,16-17,22H,11-12H2,1-5H3/t16-,17-/m0/s1. The second kappa shape index (κ2) is 8.83. The SMILES string of the molecule is CC(C)C[C@@H]([C@@H](O)C=O)N(Cc1ccccc1)C(=O)OC(C)(C)C. The van der Waals surface area contributed by atoms with Gasteiger partial charge in [0.15, 0.2) is 6.29 Å². The van der Waals surface area contributed by atoms with E-state index in [1.54, 1.807) is 20.8 Å². The lowest BCUT2D eigenvalue weighted by Gasteiger charge is -2.35. The Balaban J connectivity index is 3.12. The van der Waals surface area contributed by atoms with Gasteiger partial charge in [-0.05, 0) is 38.7 Å². The third kappa shape index (κ3) is 6.71. The Kier molecular flexibility index (Phi) is 7.42. The van der Waals surface area contributed by atoms with Crippen LogP contribution < -0.4 is 0 Å². The second-order valence-corrected chi connectivity index (χ2v) is 7.42. The van der Waals surface area contributed by atoms with Crippen LogP contribution in [-0.2, 0) is 16.1 Å². The lowest BCUT2D eigenvalue weighted by Crippen LogP contribution is -2.49. The maximum atomic E-state index is 12.7. The van der Waals surface area contributed by atoms with Gasteiger partial charge in [0.25, 0.3) is 0 Å². The van der Waals surface area contributed by atoms with Gasteiger partial charge >= 0.3 is 6.09 Å². The molecule has 1 rings (SSSR count). The van der Waals surface area contributed by atoms with Crippen molar-refractivity contribution in [3.63, 3.8) is 0 Å². The first-order chi connectivity index (χ1) is 11.1. The Morgan fingerprint density at radius 1 is 1.25 bits per heavy atom. The highest BCUT2D eigenvalue weighted by Crippen LogP contribution is 2.21. The molecule has 0 spiro atoms. The van der Waals surface area contributed by atoms with Gasteiger partial charge in [-0.15, -0.1) is 0 Å². The fraction of sp³-hybridized carbons (Fsp3) is 0.579. The number of carbonyl (C=O) groups is 2. The molecule has 0 fully saturated rings. The van der Waals surface area contributed by atoms with Crippen molar-refractivity contribution >= 4 is 12.4 Å². The normalized spacial score (nSPS) is 14.1. The fourth-order valence-corrected chi connectivity index (χ4v) is 2.44. The van der Waals surface area contributed by atoms with E-state index in [0.717, 1.165) is 5.56 Å². The minimum Gasteiger partial charge on any atom is -0.444 e. The summed E-state index contributed by atoms with van der Waals surface area (Å²) in [5.74, 6) is 0.213. The van der Waals surface area contributed by atoms with Crippen molar-refractivity contribution in [2.45, 2.75) is 65.3 Å². The molecule has 0 aliphatic rings. The highest BCUT2D eigenvalue weighted by molar-refractivity contribution is 5.70. The first-order valence-electron chi connectivity index (χ1n) is 8.31. The van der Waals surface area contributed by atoms with E-state index in [2.05, 4.69) is 0 Å². The Morgan fingerprint density at radius 2 is 1.83 bits per heavy atom. The van der Waals surface area contributed by atoms with Crippen LogP contribution in [0.15, 0.2) is 30.3 Å². The molecule has 0 bridgehead atoms. The summed E-state index contributed by atoms with van der Waals surface area (Å²) in [7, 11) is 0. The van der Waals surface area contributed by atoms with Crippen molar-refractivity contribution in [3.8, 4) is 0 Å². The van der Waals surface area contributed by atoms with Crippen LogP contribution in [0.4, 0.5) is 4.79 Å². The van der Waals surface area contributed by atoms with Crippen LogP contribution in [0, 0.1) is 5.92 Å². The van der Waals surface area contributed by atoms with Crippen LogP contribution in [0.25, 0.3) is 0 Å². The number of hydrogen-bond donors (Lipinski definition) is 1. The molecule has 0 aliphatic carbocycles. The van der Waals surface area contributed by atoms with Crippen LogP contribution in [0.1, 0.15) is 46.6 Å². The fourth-order valence-electron chi connectivity index (χ4n) is 2.44. The summed E-state index contributed by atoms with van der Waals surface area (Å²) in [5.41, 5.74) is 0.260. The quantitative estimate of drug-likeness (QED) is 0.776. The van der Waals surface area contributed by atoms with Gasteiger partial charge in [0.1, 0.15) is 11.7 Å². The molecule has 0 radical (unpaired) electrons. The molecule has 0 unspecified atom stereocenters. The number of benzene rings is 1. The summed E-state index contributed by atoms with van der Waals surface area (Å²) in [4.78, 5) is 25.3. The molecule has 2 atom stereocenters. The Labute approximate surface area is 144 Å². The molecular formula is C19H29NO4. The van der Waals surface area contributed by atoms with E-state index in [1.165, 1.54) is 4.90 Å². The van der Waals surface area contributed by atoms with Gasteiger partial charge in [0.05, 0.1) is 6.04 Å². The number of aliphatic hydroxyl groups excluding tert-OH is 1. The van der Waals surface area contributed by atoms with Gasteiger partial charge in [-0.25, -0.2) is 4.79 Å². The lowest BCUT2D eigenvalue weighted by molar-refractivity contribution is -0.118. The molecule has 0 saturated heterocycles. The summed E-state index contributed by atoms with van der Waals surface area (Å²) in [6.07, 6.45) is -0.789. The third-order valence-electron chi connectivity index (χ3n) is 3.47. The summed E-state index contributed by atoms with van der Waals surface area (Å²) < 4.78 is 5.49. The second-order valence-electron chi connectivity index (χ2n) is 7.42. The van der Waals surface area contributed by atoms with E-state index in [4.69, 9.17) is 4.74 Å². The summed E-state index contributed by atoms with van der Waals surface area (Å²) in [6, 6.07) is 8.84. The van der Waals surface area contributed by atoms with Crippen molar-refractivity contribution in [1.82, 2.24) is 4.90 Å². The molecular weight excluding hydrogens is 306 g/mol. The zero-order valence-electron chi connectivity index (χ0n) is 15.2. The smallest absolute Gasteiger partial charge is 0.410 e. The van der Waals surface area contributed by atoms with Crippen LogP contribution >= 0.6 is 0 Å². The van der Waals surface area contributed by atoms with E-state index < -0.39 is 23.8 Å². The largest absolute Gasteiger partial charge is 0.444 e. The van der Waals surface area contributed by atoms with Crippen LogP contribution in [0.2, 0.25) is 0 Å². The highest BCUT2D eigenvalue weighted by atomic mass is 16.6. The van der Waals surface area contributed by atoms with Crippen molar-refractivity contribution < 1.29 is 19.4 Å². The number of aliphatic hydroxyl groups is 1. The maximum absolute atomic E-state index is 12.7. The predicted octanol–water partition coefficient (Wildman–Crippen LogP) is 3.40. The van der Waals surface area contributed by atoms with Crippen LogP contribution in [0.5, 0.6) is 0 Å². The minimum atomic E-state index is -1.25. The summed E-state index contributed by atoms with van der Waals surface area (Å²) in [6.45, 7) is 9.62. The van der Waals surface area contributed by atoms with E-state index in [0.29, 0.717) is 12.7 Å². The Morgan fingerprint density at radius 3 is 2.29 bits per heavy atom. The zero-order chi connectivity index (χ0) is 18.3. The van der Waals surface area contributed by atoms with E-state index >= 15 is 0 Å². The number of rotatable bonds is 7. The van der Waals surface area contributed by atoms with Gasteiger partial charge in [0, 0.05) is 6.54 Å². The molecule has 24 heavy (non-hydrogen) atoms. The molecule has 5 heteroatoms. The first kappa shape index (κ1) is 20.2. The lowest BCUT2D eigenvalue weighted by atomic mass is 9.98. The van der Waals surface area contributed by atoms with E-state index in [1.807, 2.05) is 44.2 Å². The summed E-state index contributed by atoms with van der Waals surface area (Å²) in [5, 5.41) is 10.1. The topological polar surface area (TPSA) is 66.8 Å². The van der Waals surface area contributed by atoms with E-state index in [-0.39, 0.29) is 12.5 Å². The molecule has 0 saturated carbocycles. The molecule has 5 nitrogen and oxygen atoms in total. The molecule has 1 N–H and O–H groups in total. The monoisotopic (exact) mass is 335 g/mol. The Bertz CT molecular complexity index is 522. The highest BCUT2D eigenvalue weighted by Gasteiger charge is 2.33. The van der Waals surface area contributed by atoms with Gasteiger partial charge < -0.3 is 14.6 Å². The van der Waals surface area contributed by atoms with Crippen LogP contribution in [-0.4, -0.2) is 40.1 Å². The number of nitrogens with zero attached hydrogens (tertiary/aromatic N) is 1. The van der Waals surface area contributed by atoms with Gasteiger partial charge in [0.2, 0.25) is 0 Å². The van der Waals surface area contributed by atoms with Crippen LogP contribution in [0.3, 0.4) is 0 Å². The van der Waals surface area contributed by atoms with Gasteiger partial charge in [-0.1, -0.05) is 44.2 Å². The molecule has 1 aromatic rings. The minimum absolute atomic E-state index is 0.213. The molecule has 0 aliphatic heterocycles. The van der Waals surface area contributed by atoms with Crippen molar-refractivity contribution in [2.75, 3.05) is 0 Å². The zero-order valence-corrected chi connectivity index (χ0v) is 15.2. The van der Waals surface area contributed by atoms with Crippen molar-refractivity contribution in [3.05, 3.63) is 35.9 Å². The number of aldehydes is 1. The number of amides is 1. The summed E-state index contributed by atoms with van der Waals surface area (Å²) >= 11 is 0. The molecule has 134 valence electrons. The van der Waals surface area contributed by atoms with E-state index in [9.17, 15) is 14.7 Å². The number of hydrogen-bond acceptors (Lipinski definition) is 4. The van der Waals surface area contributed by atoms with Crippen molar-refractivity contribution in [2.24, 2.45) is 5.92 Å². The Hall–Kier alpha value is -1.88. The average Bonchev–Trinajstić information content (AvgIpc) is 2.49. The molecule has 0 heterocycles. The molecule has 1 amide bonds. The predicted molar refractivity (Wildman–Crippen MR) is 93.5 cm³/mol. The van der Waals surface area contributed by atoms with Gasteiger partial charge in [-0.3, -0.25) is 4.90 Å². The maximum Gasteiger partial charge on any atom is 0.410 e. The number of ether oxygens (including phenoxy) is 1. The molecule has 1 aromatic carbocycles. The van der Waals surface area contributed by atoms with Gasteiger partial charge in [-0.2, -0.15) is 0 Å².